The molecule has 0 aromatic heterocycles. The van der Waals surface area contributed by atoms with Crippen molar-refractivity contribution in [2.45, 2.75) is 24.3 Å². The second-order valence-corrected chi connectivity index (χ2v) is 10.00. The van der Waals surface area contributed by atoms with Crippen LogP contribution in [0.1, 0.15) is 29.2 Å². The van der Waals surface area contributed by atoms with Crippen LogP contribution in [-0.4, -0.2) is 24.4 Å². The van der Waals surface area contributed by atoms with E-state index < -0.39 is 26.9 Å². The minimum atomic E-state index is -4.30. The predicted molar refractivity (Wildman–Crippen MR) is 120 cm³/mol. The van der Waals surface area contributed by atoms with Crippen LogP contribution in [0.4, 0.5) is 9.18 Å². The van der Waals surface area contributed by atoms with Gasteiger partial charge in [-0.1, -0.05) is 57.9 Å². The molecule has 0 radical (unpaired) electrons. The van der Waals surface area contributed by atoms with Crippen molar-refractivity contribution in [3.63, 3.8) is 0 Å². The highest BCUT2D eigenvalue weighted by Crippen LogP contribution is 2.35. The second kappa shape index (κ2) is 8.36. The Morgan fingerprint density at radius 2 is 1.61 bits per heavy atom. The molecule has 1 aliphatic rings. The van der Waals surface area contributed by atoms with Gasteiger partial charge in [-0.15, -0.1) is 0 Å². The molecule has 1 atom stereocenters. The van der Waals surface area contributed by atoms with Gasteiger partial charge in [-0.25, -0.2) is 17.8 Å². The smallest absolute Gasteiger partial charge is 0.254 e. The molecule has 1 amide bonds. The molecular formula is C23H18BrFN2O3S. The summed E-state index contributed by atoms with van der Waals surface area (Å²) in [5, 5.41) is 4.28. The SMILES string of the molecule is Cc1ccc(S(=O)(=O)C(=O)N2N=C(c3ccc(Br)cc3)CC2c2ccc(F)cc2)cc1. The van der Waals surface area contributed by atoms with Gasteiger partial charge in [0.1, 0.15) is 5.82 Å². The number of nitrogens with zero attached hydrogens (tertiary/aromatic N) is 2. The Morgan fingerprint density at radius 1 is 1.00 bits per heavy atom. The number of hydrogen-bond acceptors (Lipinski definition) is 4. The first kappa shape index (κ1) is 21.4. The Hall–Kier alpha value is -2.84. The van der Waals surface area contributed by atoms with Crippen LogP contribution in [-0.2, 0) is 9.84 Å². The molecule has 0 spiro atoms. The fraction of sp³-hybridized carbons (Fsp3) is 0.130. The van der Waals surface area contributed by atoms with Gasteiger partial charge in [0, 0.05) is 10.9 Å². The van der Waals surface area contributed by atoms with Crippen molar-refractivity contribution in [2.75, 3.05) is 0 Å². The van der Waals surface area contributed by atoms with Gasteiger partial charge in [0.2, 0.25) is 0 Å². The molecule has 0 bridgehead atoms. The van der Waals surface area contributed by atoms with E-state index in [1.165, 1.54) is 24.3 Å². The Labute approximate surface area is 188 Å². The van der Waals surface area contributed by atoms with E-state index in [0.717, 1.165) is 20.6 Å². The Kier molecular flexibility index (Phi) is 5.77. The van der Waals surface area contributed by atoms with Gasteiger partial charge in [0.25, 0.3) is 9.84 Å². The molecule has 8 heteroatoms. The van der Waals surface area contributed by atoms with E-state index in [1.807, 2.05) is 31.2 Å². The molecule has 0 saturated heterocycles. The molecule has 0 N–H and O–H groups in total. The highest BCUT2D eigenvalue weighted by Gasteiger charge is 2.39. The summed E-state index contributed by atoms with van der Waals surface area (Å²) in [6, 6.07) is 18.4. The Bertz CT molecular complexity index is 1260. The number of aryl methyl sites for hydroxylation is 1. The van der Waals surface area contributed by atoms with E-state index in [2.05, 4.69) is 21.0 Å². The third kappa shape index (κ3) is 4.31. The van der Waals surface area contributed by atoms with Crippen LogP contribution < -0.4 is 0 Å². The summed E-state index contributed by atoms with van der Waals surface area (Å²) in [7, 11) is -4.30. The van der Waals surface area contributed by atoms with Crippen molar-refractivity contribution in [1.29, 1.82) is 0 Å². The minimum absolute atomic E-state index is 0.0896. The van der Waals surface area contributed by atoms with Crippen LogP contribution in [0, 0.1) is 12.7 Å². The quantitative estimate of drug-likeness (QED) is 0.467. The molecule has 0 aliphatic carbocycles. The normalized spacial score (nSPS) is 16.3. The zero-order chi connectivity index (χ0) is 22.2. The van der Waals surface area contributed by atoms with E-state index in [1.54, 1.807) is 24.3 Å². The lowest BCUT2D eigenvalue weighted by Crippen LogP contribution is -2.32. The number of hydrazone groups is 1. The molecule has 1 heterocycles. The molecule has 31 heavy (non-hydrogen) atoms. The third-order valence-corrected chi connectivity index (χ3v) is 7.16. The van der Waals surface area contributed by atoms with E-state index in [4.69, 9.17) is 0 Å². The molecule has 1 unspecified atom stereocenters. The van der Waals surface area contributed by atoms with Crippen molar-refractivity contribution in [1.82, 2.24) is 5.01 Å². The fourth-order valence-electron chi connectivity index (χ4n) is 3.38. The van der Waals surface area contributed by atoms with Gasteiger partial charge in [0.05, 0.1) is 16.6 Å². The number of carbonyl (C=O) groups is 1. The average Bonchev–Trinajstić information content (AvgIpc) is 3.19. The van der Waals surface area contributed by atoms with Crippen molar-refractivity contribution >= 4 is 36.7 Å². The van der Waals surface area contributed by atoms with Crippen molar-refractivity contribution in [3.05, 3.63) is 99.8 Å². The molecule has 3 aromatic rings. The number of amides is 1. The van der Waals surface area contributed by atoms with Gasteiger partial charge >= 0.3 is 5.24 Å². The van der Waals surface area contributed by atoms with E-state index in [9.17, 15) is 17.6 Å². The van der Waals surface area contributed by atoms with Crippen LogP contribution in [0.15, 0.2) is 87.3 Å². The third-order valence-electron chi connectivity index (χ3n) is 5.09. The van der Waals surface area contributed by atoms with Crippen LogP contribution in [0.3, 0.4) is 0 Å². The first-order valence-electron chi connectivity index (χ1n) is 9.49. The zero-order valence-corrected chi connectivity index (χ0v) is 18.9. The van der Waals surface area contributed by atoms with Crippen LogP contribution in [0.5, 0.6) is 0 Å². The van der Waals surface area contributed by atoms with Crippen molar-refractivity contribution in [3.8, 4) is 0 Å². The van der Waals surface area contributed by atoms with Gasteiger partial charge in [-0.2, -0.15) is 5.10 Å². The van der Waals surface area contributed by atoms with Crippen LogP contribution in [0.2, 0.25) is 0 Å². The first-order chi connectivity index (χ1) is 14.8. The molecule has 3 aromatic carbocycles. The van der Waals surface area contributed by atoms with Crippen molar-refractivity contribution < 1.29 is 17.6 Å². The minimum Gasteiger partial charge on any atom is -0.254 e. The molecule has 0 fully saturated rings. The maximum atomic E-state index is 13.4. The maximum Gasteiger partial charge on any atom is 0.364 e. The van der Waals surface area contributed by atoms with Gasteiger partial charge in [0.15, 0.2) is 0 Å². The predicted octanol–water partition coefficient (Wildman–Crippen LogP) is 5.64. The molecule has 5 nitrogen and oxygen atoms in total. The largest absolute Gasteiger partial charge is 0.364 e. The molecule has 1 aliphatic heterocycles. The standard InChI is InChI=1S/C23H18BrFN2O3S/c1-15-2-12-20(13-3-15)31(29,30)23(28)27-22(17-6-10-19(25)11-7-17)14-21(26-27)16-4-8-18(24)9-5-16/h2-13,22H,14H2,1H3. The van der Waals surface area contributed by atoms with Crippen LogP contribution >= 0.6 is 15.9 Å². The summed E-state index contributed by atoms with van der Waals surface area (Å²) in [5.41, 5.74) is 2.84. The number of rotatable bonds is 3. The highest BCUT2D eigenvalue weighted by molar-refractivity contribution is 9.10. The fourth-order valence-corrected chi connectivity index (χ4v) is 4.76. The van der Waals surface area contributed by atoms with Crippen LogP contribution in [0.25, 0.3) is 0 Å². The number of benzene rings is 3. The lowest BCUT2D eigenvalue weighted by Gasteiger charge is -2.21. The van der Waals surface area contributed by atoms with E-state index >= 15 is 0 Å². The summed E-state index contributed by atoms with van der Waals surface area (Å²) >= 11 is 3.38. The van der Waals surface area contributed by atoms with Gasteiger partial charge < -0.3 is 0 Å². The summed E-state index contributed by atoms with van der Waals surface area (Å²) in [4.78, 5) is 13.1. The number of carbonyl (C=O) groups excluding carboxylic acids is 1. The summed E-state index contributed by atoms with van der Waals surface area (Å²) in [6.07, 6.45) is 0.308. The zero-order valence-electron chi connectivity index (χ0n) is 16.5. The topological polar surface area (TPSA) is 66.8 Å². The summed E-state index contributed by atoms with van der Waals surface area (Å²) in [5.74, 6) is -0.416. The summed E-state index contributed by atoms with van der Waals surface area (Å²) < 4.78 is 40.4. The average molecular weight is 501 g/mol. The number of halogens is 2. The maximum absolute atomic E-state index is 13.4. The number of hydrogen-bond donors (Lipinski definition) is 0. The highest BCUT2D eigenvalue weighted by atomic mass is 79.9. The second-order valence-electron chi connectivity index (χ2n) is 7.25. The summed E-state index contributed by atoms with van der Waals surface area (Å²) in [6.45, 7) is 1.83. The molecule has 0 saturated carbocycles. The van der Waals surface area contributed by atoms with Gasteiger partial charge in [-0.05, 0) is 54.4 Å². The van der Waals surface area contributed by atoms with Gasteiger partial charge in [-0.3, -0.25) is 4.79 Å². The lowest BCUT2D eigenvalue weighted by molar-refractivity contribution is 0.209. The molecule has 4 rings (SSSR count). The monoisotopic (exact) mass is 500 g/mol. The lowest BCUT2D eigenvalue weighted by atomic mass is 9.99. The molecular weight excluding hydrogens is 483 g/mol. The number of sulfone groups is 1. The first-order valence-corrected chi connectivity index (χ1v) is 11.8. The Balaban J connectivity index is 1.75. The Morgan fingerprint density at radius 3 is 2.23 bits per heavy atom. The van der Waals surface area contributed by atoms with Crippen molar-refractivity contribution in [2.24, 2.45) is 5.10 Å². The van der Waals surface area contributed by atoms with E-state index in [0.29, 0.717) is 17.7 Å². The van der Waals surface area contributed by atoms with E-state index in [-0.39, 0.29) is 4.90 Å². The molecule has 158 valence electrons.